The average molecular weight is 505 g/mol. The Kier molecular flexibility index (Phi) is 8.94. The van der Waals surface area contributed by atoms with Crippen molar-refractivity contribution in [2.45, 2.75) is 89.3 Å². The smallest absolute Gasteiger partial charge is 0.341 e. The van der Waals surface area contributed by atoms with Gasteiger partial charge in [-0.15, -0.1) is 0 Å². The van der Waals surface area contributed by atoms with Gasteiger partial charge in [-0.2, -0.15) is 0 Å². The molecule has 36 heavy (non-hydrogen) atoms. The van der Waals surface area contributed by atoms with Crippen LogP contribution in [0.5, 0.6) is 5.75 Å². The van der Waals surface area contributed by atoms with Crippen molar-refractivity contribution in [3.8, 4) is 5.75 Å². The van der Waals surface area contributed by atoms with Crippen LogP contribution in [0.3, 0.4) is 0 Å². The summed E-state index contributed by atoms with van der Waals surface area (Å²) in [6.07, 6.45) is 5.32. The van der Waals surface area contributed by atoms with E-state index in [1.165, 1.54) is 18.2 Å². The van der Waals surface area contributed by atoms with Gasteiger partial charge in [0.05, 0.1) is 18.3 Å². The maximum Gasteiger partial charge on any atom is 0.341 e. The van der Waals surface area contributed by atoms with E-state index in [1.807, 2.05) is 6.92 Å². The summed E-state index contributed by atoms with van der Waals surface area (Å²) in [5.41, 5.74) is 0.715. The fourth-order valence-corrected chi connectivity index (χ4v) is 5.61. The van der Waals surface area contributed by atoms with Crippen molar-refractivity contribution in [2.24, 2.45) is 0 Å². The summed E-state index contributed by atoms with van der Waals surface area (Å²) in [6.45, 7) is 4.83. The lowest BCUT2D eigenvalue weighted by atomic mass is 9.79. The summed E-state index contributed by atoms with van der Waals surface area (Å²) >= 11 is 0. The summed E-state index contributed by atoms with van der Waals surface area (Å²) in [4.78, 5) is 12.5. The van der Waals surface area contributed by atoms with Gasteiger partial charge >= 0.3 is 5.97 Å². The number of benzene rings is 2. The molecule has 7 heteroatoms. The fraction of sp³-hybridized carbons (Fsp3) is 0.552. The third kappa shape index (κ3) is 6.05. The molecule has 2 aromatic rings. The van der Waals surface area contributed by atoms with Crippen molar-refractivity contribution in [1.29, 1.82) is 0 Å². The maximum atomic E-state index is 15.1. The van der Waals surface area contributed by atoms with Crippen molar-refractivity contribution < 1.29 is 32.2 Å². The zero-order valence-electron chi connectivity index (χ0n) is 21.0. The van der Waals surface area contributed by atoms with Crippen LogP contribution >= 0.6 is 0 Å². The van der Waals surface area contributed by atoms with Crippen LogP contribution in [0.25, 0.3) is 0 Å². The quantitative estimate of drug-likeness (QED) is 0.350. The normalized spacial score (nSPS) is 24.4. The summed E-state index contributed by atoms with van der Waals surface area (Å²) < 4.78 is 60.9. The zero-order chi connectivity index (χ0) is 25.7. The lowest BCUT2D eigenvalue weighted by molar-refractivity contribution is 0.0189. The van der Waals surface area contributed by atoms with E-state index in [-0.39, 0.29) is 29.6 Å². The van der Waals surface area contributed by atoms with Crippen molar-refractivity contribution >= 4 is 5.97 Å². The molecule has 2 saturated carbocycles. The Balaban J connectivity index is 1.33. The molecule has 2 aliphatic carbocycles. The molecule has 4 nitrogen and oxygen atoms in total. The van der Waals surface area contributed by atoms with E-state index in [4.69, 9.17) is 14.2 Å². The Morgan fingerprint density at radius 3 is 1.83 bits per heavy atom. The highest BCUT2D eigenvalue weighted by atomic mass is 19.2. The number of rotatable bonds is 8. The van der Waals surface area contributed by atoms with Crippen molar-refractivity contribution in [3.05, 3.63) is 64.5 Å². The fourth-order valence-electron chi connectivity index (χ4n) is 5.61. The Hall–Kier alpha value is -2.54. The molecule has 0 N–H and O–H groups in total. The lowest BCUT2D eigenvalue weighted by Crippen LogP contribution is -2.25. The molecule has 0 radical (unpaired) electrons. The summed E-state index contributed by atoms with van der Waals surface area (Å²) in [6, 6.07) is 7.54. The van der Waals surface area contributed by atoms with Gasteiger partial charge in [0.1, 0.15) is 17.7 Å². The highest BCUT2D eigenvalue weighted by Gasteiger charge is 2.31. The molecule has 2 aliphatic rings. The van der Waals surface area contributed by atoms with Crippen LogP contribution in [-0.2, 0) is 9.47 Å². The molecule has 0 heterocycles. The van der Waals surface area contributed by atoms with Crippen LogP contribution in [0.1, 0.15) is 98.5 Å². The van der Waals surface area contributed by atoms with Crippen molar-refractivity contribution in [2.75, 3.05) is 13.2 Å². The predicted molar refractivity (Wildman–Crippen MR) is 131 cm³/mol. The van der Waals surface area contributed by atoms with Gasteiger partial charge in [-0.05, 0) is 100 Å². The summed E-state index contributed by atoms with van der Waals surface area (Å²) in [7, 11) is 0. The standard InChI is InChI=1S/C29H35F3O4/c1-3-34-20-9-5-18(6-10-20)23-15-16-24(28(32)27(23)31)19-7-11-21(12-8-19)36-29(33)25-14-13-22(35-4-2)17-26(25)30/h13-21H,3-12H2,1-2H3. The Morgan fingerprint density at radius 1 is 0.778 bits per heavy atom. The number of ether oxygens (including phenoxy) is 3. The van der Waals surface area contributed by atoms with Crippen LogP contribution < -0.4 is 4.74 Å². The van der Waals surface area contributed by atoms with Gasteiger partial charge in [0.15, 0.2) is 11.6 Å². The summed E-state index contributed by atoms with van der Waals surface area (Å²) in [5, 5.41) is 0. The van der Waals surface area contributed by atoms with E-state index in [9.17, 15) is 9.18 Å². The molecule has 4 rings (SSSR count). The first kappa shape index (κ1) is 26.5. The molecule has 0 atom stereocenters. The minimum atomic E-state index is -0.753. The highest BCUT2D eigenvalue weighted by molar-refractivity contribution is 5.90. The second-order valence-electron chi connectivity index (χ2n) is 9.75. The van der Waals surface area contributed by atoms with Gasteiger partial charge in [-0.1, -0.05) is 12.1 Å². The van der Waals surface area contributed by atoms with Gasteiger partial charge in [-0.25, -0.2) is 18.0 Å². The first-order chi connectivity index (χ1) is 17.4. The topological polar surface area (TPSA) is 44.8 Å². The monoisotopic (exact) mass is 504 g/mol. The lowest BCUT2D eigenvalue weighted by Gasteiger charge is -2.31. The molecule has 0 aliphatic heterocycles. The molecule has 196 valence electrons. The molecule has 2 aromatic carbocycles. The largest absolute Gasteiger partial charge is 0.494 e. The molecule has 0 amide bonds. The molecular formula is C29H35F3O4. The van der Waals surface area contributed by atoms with Gasteiger partial charge in [0, 0.05) is 12.7 Å². The minimum absolute atomic E-state index is 0.0170. The van der Waals surface area contributed by atoms with E-state index in [2.05, 4.69) is 0 Å². The van der Waals surface area contributed by atoms with E-state index in [0.29, 0.717) is 55.8 Å². The Morgan fingerprint density at radius 2 is 1.33 bits per heavy atom. The van der Waals surface area contributed by atoms with Crippen LogP contribution in [0.4, 0.5) is 13.2 Å². The number of hydrogen-bond donors (Lipinski definition) is 0. The second-order valence-corrected chi connectivity index (χ2v) is 9.75. The van der Waals surface area contributed by atoms with Crippen LogP contribution in [0, 0.1) is 17.5 Å². The second kappa shape index (κ2) is 12.1. The number of esters is 1. The summed E-state index contributed by atoms with van der Waals surface area (Å²) in [5.74, 6) is -2.67. The SMILES string of the molecule is CCOc1ccc(C(=O)OC2CCC(c3ccc(C4CCC(OCC)CC4)c(F)c3F)CC2)c(F)c1. The molecule has 0 spiro atoms. The van der Waals surface area contributed by atoms with Crippen LogP contribution in [0.15, 0.2) is 30.3 Å². The molecule has 2 fully saturated rings. The van der Waals surface area contributed by atoms with E-state index >= 15 is 8.78 Å². The van der Waals surface area contributed by atoms with E-state index < -0.39 is 23.4 Å². The van der Waals surface area contributed by atoms with E-state index in [0.717, 1.165) is 25.7 Å². The number of halogens is 3. The van der Waals surface area contributed by atoms with Crippen LogP contribution in [0.2, 0.25) is 0 Å². The highest BCUT2D eigenvalue weighted by Crippen LogP contribution is 2.40. The molecular weight excluding hydrogens is 469 g/mol. The maximum absolute atomic E-state index is 15.1. The third-order valence-electron chi connectivity index (χ3n) is 7.52. The van der Waals surface area contributed by atoms with Gasteiger partial charge < -0.3 is 14.2 Å². The van der Waals surface area contributed by atoms with Crippen molar-refractivity contribution in [3.63, 3.8) is 0 Å². The van der Waals surface area contributed by atoms with Crippen molar-refractivity contribution in [1.82, 2.24) is 0 Å². The van der Waals surface area contributed by atoms with Gasteiger partial charge in [0.25, 0.3) is 0 Å². The molecule has 0 saturated heterocycles. The third-order valence-corrected chi connectivity index (χ3v) is 7.52. The predicted octanol–water partition coefficient (Wildman–Crippen LogP) is 7.45. The first-order valence-electron chi connectivity index (χ1n) is 13.1. The number of carbonyl (C=O) groups excluding carboxylic acids is 1. The van der Waals surface area contributed by atoms with Gasteiger partial charge in [-0.3, -0.25) is 0 Å². The number of hydrogen-bond acceptors (Lipinski definition) is 4. The first-order valence-corrected chi connectivity index (χ1v) is 13.1. The molecule has 0 aromatic heterocycles. The minimum Gasteiger partial charge on any atom is -0.494 e. The zero-order valence-corrected chi connectivity index (χ0v) is 21.0. The molecule has 0 bridgehead atoms. The Labute approximate surface area is 211 Å². The van der Waals surface area contributed by atoms with Gasteiger partial charge in [0.2, 0.25) is 0 Å². The molecule has 0 unspecified atom stereocenters. The Bertz CT molecular complexity index is 1040. The number of carbonyl (C=O) groups is 1. The average Bonchev–Trinajstić information content (AvgIpc) is 2.87. The van der Waals surface area contributed by atoms with E-state index in [1.54, 1.807) is 19.1 Å². The van der Waals surface area contributed by atoms with Crippen LogP contribution in [-0.4, -0.2) is 31.4 Å².